The molecule has 1 saturated heterocycles. The van der Waals surface area contributed by atoms with Gasteiger partial charge in [-0.1, -0.05) is 19.1 Å². The number of aliphatic hydroxyl groups is 1. The third-order valence-electron chi connectivity index (χ3n) is 3.88. The van der Waals surface area contributed by atoms with Gasteiger partial charge in [0.2, 0.25) is 10.0 Å². The van der Waals surface area contributed by atoms with Crippen LogP contribution in [0, 0.1) is 5.92 Å². The average Bonchev–Trinajstić information content (AvgIpc) is 2.76. The molecule has 1 N–H and O–H groups in total. The number of hydrogen-bond acceptors (Lipinski definition) is 3. The van der Waals surface area contributed by atoms with Crippen molar-refractivity contribution in [3.63, 3.8) is 0 Å². The van der Waals surface area contributed by atoms with Crippen LogP contribution in [0.15, 0.2) is 29.2 Å². The van der Waals surface area contributed by atoms with E-state index in [4.69, 9.17) is 5.11 Å². The fraction of sp³-hybridized carbons (Fsp3) is 0.600. The van der Waals surface area contributed by atoms with Crippen molar-refractivity contribution in [3.05, 3.63) is 29.8 Å². The first-order chi connectivity index (χ1) is 9.45. The Bertz CT molecular complexity index is 539. The van der Waals surface area contributed by atoms with E-state index in [2.05, 4.69) is 6.92 Å². The van der Waals surface area contributed by atoms with Crippen LogP contribution in [-0.2, 0) is 16.4 Å². The Morgan fingerprint density at radius 1 is 1.25 bits per heavy atom. The van der Waals surface area contributed by atoms with Gasteiger partial charge in [0.1, 0.15) is 0 Å². The second-order valence-electron chi connectivity index (χ2n) is 5.74. The molecule has 0 spiro atoms. The Morgan fingerprint density at radius 3 is 2.40 bits per heavy atom. The van der Waals surface area contributed by atoms with Crippen molar-refractivity contribution in [1.29, 1.82) is 0 Å². The largest absolute Gasteiger partial charge is 0.396 e. The summed E-state index contributed by atoms with van der Waals surface area (Å²) in [5.74, 6) is 0.420. The summed E-state index contributed by atoms with van der Waals surface area (Å²) >= 11 is 0. The molecule has 1 aromatic carbocycles. The number of rotatable bonds is 5. The Morgan fingerprint density at radius 2 is 1.90 bits per heavy atom. The van der Waals surface area contributed by atoms with Gasteiger partial charge in [0.05, 0.1) is 4.90 Å². The summed E-state index contributed by atoms with van der Waals surface area (Å²) in [5, 5.41) is 8.81. The zero-order valence-electron chi connectivity index (χ0n) is 12.1. The van der Waals surface area contributed by atoms with Crippen molar-refractivity contribution in [2.45, 2.75) is 44.0 Å². The third-order valence-corrected chi connectivity index (χ3v) is 5.87. The lowest BCUT2D eigenvalue weighted by atomic mass is 10.1. The quantitative estimate of drug-likeness (QED) is 0.904. The topological polar surface area (TPSA) is 57.6 Å². The van der Waals surface area contributed by atoms with E-state index in [1.54, 1.807) is 16.4 Å². The molecule has 0 bridgehead atoms. The molecule has 20 heavy (non-hydrogen) atoms. The minimum Gasteiger partial charge on any atom is -0.396 e. The predicted octanol–water partition coefficient (Wildman–Crippen LogP) is 2.03. The van der Waals surface area contributed by atoms with Crippen LogP contribution in [0.1, 0.15) is 32.3 Å². The highest BCUT2D eigenvalue weighted by Crippen LogP contribution is 2.29. The van der Waals surface area contributed by atoms with Crippen LogP contribution in [0.5, 0.6) is 0 Å². The zero-order chi connectivity index (χ0) is 14.8. The number of hydrogen-bond donors (Lipinski definition) is 1. The summed E-state index contributed by atoms with van der Waals surface area (Å²) in [6.45, 7) is 4.82. The lowest BCUT2D eigenvalue weighted by molar-refractivity contribution is 0.288. The van der Waals surface area contributed by atoms with Gasteiger partial charge in [-0.2, -0.15) is 4.31 Å². The van der Waals surface area contributed by atoms with Crippen LogP contribution >= 0.6 is 0 Å². The molecule has 0 aromatic heterocycles. The molecule has 2 rings (SSSR count). The summed E-state index contributed by atoms with van der Waals surface area (Å²) in [5.41, 5.74) is 1.06. The molecule has 2 unspecified atom stereocenters. The summed E-state index contributed by atoms with van der Waals surface area (Å²) in [4.78, 5) is 0.367. The predicted molar refractivity (Wildman–Crippen MR) is 79.0 cm³/mol. The SMILES string of the molecule is CC1CC(C)N(S(=O)(=O)c2ccc(CCCO)cc2)C1. The van der Waals surface area contributed by atoms with Gasteiger partial charge < -0.3 is 5.11 Å². The second-order valence-corrected chi connectivity index (χ2v) is 7.63. The van der Waals surface area contributed by atoms with E-state index in [0.717, 1.165) is 18.4 Å². The van der Waals surface area contributed by atoms with E-state index in [1.807, 2.05) is 19.1 Å². The number of sulfonamides is 1. The van der Waals surface area contributed by atoms with Crippen molar-refractivity contribution in [2.24, 2.45) is 5.92 Å². The van der Waals surface area contributed by atoms with Crippen LogP contribution in [0.4, 0.5) is 0 Å². The molecule has 0 radical (unpaired) electrons. The maximum absolute atomic E-state index is 12.6. The van der Waals surface area contributed by atoms with Crippen LogP contribution in [0.3, 0.4) is 0 Å². The molecule has 0 saturated carbocycles. The monoisotopic (exact) mass is 297 g/mol. The number of benzene rings is 1. The van der Waals surface area contributed by atoms with Crippen LogP contribution in [-0.4, -0.2) is 37.0 Å². The van der Waals surface area contributed by atoms with Gasteiger partial charge in [0.15, 0.2) is 0 Å². The van der Waals surface area contributed by atoms with E-state index < -0.39 is 10.0 Å². The first-order valence-corrected chi connectivity index (χ1v) is 8.61. The first-order valence-electron chi connectivity index (χ1n) is 7.17. The molecule has 0 amide bonds. The highest BCUT2D eigenvalue weighted by atomic mass is 32.2. The van der Waals surface area contributed by atoms with Crippen molar-refractivity contribution in [3.8, 4) is 0 Å². The van der Waals surface area contributed by atoms with Crippen molar-refractivity contribution in [2.75, 3.05) is 13.2 Å². The maximum atomic E-state index is 12.6. The summed E-state index contributed by atoms with van der Waals surface area (Å²) < 4.78 is 26.8. The highest BCUT2D eigenvalue weighted by molar-refractivity contribution is 7.89. The van der Waals surface area contributed by atoms with Crippen molar-refractivity contribution in [1.82, 2.24) is 4.31 Å². The average molecular weight is 297 g/mol. The number of aryl methyl sites for hydroxylation is 1. The molecule has 1 aliphatic rings. The third kappa shape index (κ3) is 3.22. The molecular formula is C15H23NO3S. The first kappa shape index (κ1) is 15.5. The van der Waals surface area contributed by atoms with E-state index in [9.17, 15) is 8.42 Å². The molecular weight excluding hydrogens is 274 g/mol. The van der Waals surface area contributed by atoms with E-state index in [1.165, 1.54) is 0 Å². The Labute approximate surface area is 121 Å². The fourth-order valence-corrected chi connectivity index (χ4v) is 4.60. The summed E-state index contributed by atoms with van der Waals surface area (Å²) in [6, 6.07) is 7.11. The zero-order valence-corrected chi connectivity index (χ0v) is 12.9. The van der Waals surface area contributed by atoms with Gasteiger partial charge in [0.25, 0.3) is 0 Å². The highest BCUT2D eigenvalue weighted by Gasteiger charge is 2.35. The van der Waals surface area contributed by atoms with Gasteiger partial charge in [-0.05, 0) is 49.8 Å². The van der Waals surface area contributed by atoms with Gasteiger partial charge in [-0.15, -0.1) is 0 Å². The lowest BCUT2D eigenvalue weighted by Crippen LogP contribution is -2.33. The Hall–Kier alpha value is -0.910. The number of aliphatic hydroxyl groups excluding tert-OH is 1. The van der Waals surface area contributed by atoms with Gasteiger partial charge in [-0.3, -0.25) is 0 Å². The van der Waals surface area contributed by atoms with Crippen LogP contribution < -0.4 is 0 Å². The van der Waals surface area contributed by atoms with Crippen molar-refractivity contribution < 1.29 is 13.5 Å². The van der Waals surface area contributed by atoms with Crippen molar-refractivity contribution >= 4 is 10.0 Å². The molecule has 5 heteroatoms. The summed E-state index contributed by atoms with van der Waals surface area (Å²) in [6.07, 6.45) is 2.40. The standard InChI is InChI=1S/C15H23NO3S/c1-12-10-13(2)16(11-12)20(18,19)15-7-5-14(6-8-15)4-3-9-17/h5-8,12-13,17H,3-4,9-11H2,1-2H3. The smallest absolute Gasteiger partial charge is 0.243 e. The Balaban J connectivity index is 2.17. The van der Waals surface area contributed by atoms with E-state index in [0.29, 0.717) is 23.8 Å². The fourth-order valence-electron chi connectivity index (χ4n) is 2.84. The molecule has 0 aliphatic carbocycles. The van der Waals surface area contributed by atoms with Gasteiger partial charge >= 0.3 is 0 Å². The molecule has 1 fully saturated rings. The van der Waals surface area contributed by atoms with Crippen LogP contribution in [0.25, 0.3) is 0 Å². The molecule has 1 aliphatic heterocycles. The molecule has 112 valence electrons. The summed E-state index contributed by atoms with van der Waals surface area (Å²) in [7, 11) is -3.37. The minimum absolute atomic E-state index is 0.0732. The Kier molecular flexibility index (Phi) is 4.83. The lowest BCUT2D eigenvalue weighted by Gasteiger charge is -2.21. The maximum Gasteiger partial charge on any atom is 0.243 e. The van der Waals surface area contributed by atoms with Gasteiger partial charge in [0, 0.05) is 19.2 Å². The molecule has 2 atom stereocenters. The van der Waals surface area contributed by atoms with E-state index in [-0.39, 0.29) is 12.6 Å². The number of nitrogens with zero attached hydrogens (tertiary/aromatic N) is 1. The van der Waals surface area contributed by atoms with E-state index >= 15 is 0 Å². The molecule has 1 aromatic rings. The molecule has 4 nitrogen and oxygen atoms in total. The molecule has 1 heterocycles. The van der Waals surface area contributed by atoms with Gasteiger partial charge in [-0.25, -0.2) is 8.42 Å². The van der Waals surface area contributed by atoms with Crippen LogP contribution in [0.2, 0.25) is 0 Å². The second kappa shape index (κ2) is 6.24. The normalized spacial score (nSPS) is 24.1. The minimum atomic E-state index is -3.37.